The Morgan fingerprint density at radius 3 is 2.42 bits per heavy atom. The number of esters is 1. The van der Waals surface area contributed by atoms with Crippen molar-refractivity contribution >= 4 is 17.6 Å². The van der Waals surface area contributed by atoms with Crippen LogP contribution >= 0.6 is 0 Å². The van der Waals surface area contributed by atoms with Gasteiger partial charge in [-0.2, -0.15) is 5.10 Å². The maximum atomic E-state index is 12.1. The van der Waals surface area contributed by atoms with Gasteiger partial charge in [-0.05, 0) is 43.2 Å². The largest absolute Gasteiger partial charge is 0.451 e. The van der Waals surface area contributed by atoms with Gasteiger partial charge >= 0.3 is 5.97 Å². The zero-order chi connectivity index (χ0) is 18.5. The van der Waals surface area contributed by atoms with Gasteiger partial charge in [0.05, 0.1) is 5.69 Å². The number of hydrogen-bond acceptors (Lipinski definition) is 4. The van der Waals surface area contributed by atoms with Crippen LogP contribution in [0.5, 0.6) is 0 Å². The molecule has 26 heavy (non-hydrogen) atoms. The smallest absolute Gasteiger partial charge is 0.356 e. The molecule has 0 saturated carbocycles. The Labute approximate surface area is 151 Å². The highest BCUT2D eigenvalue weighted by atomic mass is 16.5. The number of nitrogens with one attached hydrogen (secondary N) is 2. The number of rotatable bonds is 5. The van der Waals surface area contributed by atoms with Crippen molar-refractivity contribution in [1.82, 2.24) is 10.2 Å². The van der Waals surface area contributed by atoms with Crippen molar-refractivity contribution < 1.29 is 14.3 Å². The summed E-state index contributed by atoms with van der Waals surface area (Å²) >= 11 is 0. The normalized spacial score (nSPS) is 10.4. The predicted molar refractivity (Wildman–Crippen MR) is 98.9 cm³/mol. The second-order valence-corrected chi connectivity index (χ2v) is 6.03. The fourth-order valence-electron chi connectivity index (χ4n) is 2.64. The van der Waals surface area contributed by atoms with Gasteiger partial charge in [0, 0.05) is 11.3 Å². The Bertz CT molecular complexity index is 912. The van der Waals surface area contributed by atoms with Crippen molar-refractivity contribution in [2.24, 2.45) is 0 Å². The lowest BCUT2D eigenvalue weighted by Crippen LogP contribution is -2.21. The van der Waals surface area contributed by atoms with E-state index in [1.54, 1.807) is 6.07 Å². The number of aromatic nitrogens is 2. The third-order valence-corrected chi connectivity index (χ3v) is 3.71. The zero-order valence-electron chi connectivity index (χ0n) is 14.6. The molecule has 0 aliphatic carbocycles. The second kappa shape index (κ2) is 7.65. The highest BCUT2D eigenvalue weighted by Crippen LogP contribution is 2.17. The van der Waals surface area contributed by atoms with Crippen LogP contribution in [-0.2, 0) is 9.53 Å². The van der Waals surface area contributed by atoms with Gasteiger partial charge in [-0.1, -0.05) is 36.4 Å². The van der Waals surface area contributed by atoms with Crippen molar-refractivity contribution in [2.45, 2.75) is 13.8 Å². The molecule has 132 valence electrons. The summed E-state index contributed by atoms with van der Waals surface area (Å²) in [6.45, 7) is 3.53. The predicted octanol–water partition coefficient (Wildman–Crippen LogP) is 3.49. The average molecular weight is 349 g/mol. The van der Waals surface area contributed by atoms with Crippen LogP contribution in [0.3, 0.4) is 0 Å². The summed E-state index contributed by atoms with van der Waals surface area (Å²) in [6.07, 6.45) is 0. The summed E-state index contributed by atoms with van der Waals surface area (Å²) in [5.41, 5.74) is 4.48. The lowest BCUT2D eigenvalue weighted by molar-refractivity contribution is -0.119. The maximum absolute atomic E-state index is 12.1. The molecule has 0 radical (unpaired) electrons. The summed E-state index contributed by atoms with van der Waals surface area (Å²) in [6, 6.07) is 16.8. The molecule has 1 aromatic heterocycles. The summed E-state index contributed by atoms with van der Waals surface area (Å²) < 4.78 is 5.05. The van der Waals surface area contributed by atoms with E-state index in [1.807, 2.05) is 62.4 Å². The molecular formula is C20H19N3O3. The van der Waals surface area contributed by atoms with Gasteiger partial charge in [0.2, 0.25) is 0 Å². The molecule has 0 aliphatic heterocycles. The number of aromatic amines is 1. The molecule has 3 aromatic rings. The van der Waals surface area contributed by atoms with E-state index in [9.17, 15) is 9.59 Å². The molecule has 6 nitrogen and oxygen atoms in total. The molecule has 1 amide bonds. The zero-order valence-corrected chi connectivity index (χ0v) is 14.6. The molecule has 0 atom stereocenters. The number of nitrogens with zero attached hydrogens (tertiary/aromatic N) is 1. The first kappa shape index (κ1) is 17.4. The molecular weight excluding hydrogens is 330 g/mol. The van der Waals surface area contributed by atoms with E-state index in [0.29, 0.717) is 11.4 Å². The SMILES string of the molecule is Cc1cc(C)cc(NC(=O)COC(=O)c2cc(-c3ccccc3)n[nH]2)c1. The first-order valence-electron chi connectivity index (χ1n) is 8.17. The summed E-state index contributed by atoms with van der Waals surface area (Å²) in [4.78, 5) is 24.1. The van der Waals surface area contributed by atoms with Gasteiger partial charge in [0.25, 0.3) is 5.91 Å². The van der Waals surface area contributed by atoms with Gasteiger partial charge < -0.3 is 10.1 Å². The minimum atomic E-state index is -0.629. The Morgan fingerprint density at radius 1 is 1.04 bits per heavy atom. The maximum Gasteiger partial charge on any atom is 0.356 e. The first-order valence-corrected chi connectivity index (χ1v) is 8.17. The lowest BCUT2D eigenvalue weighted by Gasteiger charge is -2.08. The van der Waals surface area contributed by atoms with E-state index in [4.69, 9.17) is 4.74 Å². The number of aryl methyl sites for hydroxylation is 2. The van der Waals surface area contributed by atoms with Gasteiger partial charge in [-0.25, -0.2) is 4.79 Å². The molecule has 0 saturated heterocycles. The van der Waals surface area contributed by atoms with Gasteiger partial charge in [-0.15, -0.1) is 0 Å². The fourth-order valence-corrected chi connectivity index (χ4v) is 2.64. The molecule has 0 unspecified atom stereocenters. The minimum Gasteiger partial charge on any atom is -0.451 e. The fraction of sp³-hybridized carbons (Fsp3) is 0.150. The van der Waals surface area contributed by atoms with Crippen molar-refractivity contribution in [2.75, 3.05) is 11.9 Å². The van der Waals surface area contributed by atoms with Crippen LogP contribution in [0.15, 0.2) is 54.6 Å². The number of carbonyl (C=O) groups is 2. The first-order chi connectivity index (χ1) is 12.5. The number of hydrogen-bond donors (Lipinski definition) is 2. The van der Waals surface area contributed by atoms with E-state index in [0.717, 1.165) is 16.7 Å². The van der Waals surface area contributed by atoms with E-state index >= 15 is 0 Å². The van der Waals surface area contributed by atoms with E-state index in [-0.39, 0.29) is 12.3 Å². The number of amides is 1. The Kier molecular flexibility index (Phi) is 5.12. The molecule has 0 spiro atoms. The Morgan fingerprint density at radius 2 is 1.73 bits per heavy atom. The van der Waals surface area contributed by atoms with Gasteiger partial charge in [0.15, 0.2) is 6.61 Å². The topological polar surface area (TPSA) is 84.1 Å². The van der Waals surface area contributed by atoms with E-state index < -0.39 is 11.9 Å². The van der Waals surface area contributed by atoms with Crippen molar-refractivity contribution in [3.8, 4) is 11.3 Å². The summed E-state index contributed by atoms with van der Waals surface area (Å²) in [5.74, 6) is -1.03. The monoisotopic (exact) mass is 349 g/mol. The number of anilines is 1. The van der Waals surface area contributed by atoms with Gasteiger partial charge in [0.1, 0.15) is 5.69 Å². The van der Waals surface area contributed by atoms with Crippen LogP contribution in [0, 0.1) is 13.8 Å². The molecule has 1 heterocycles. The highest BCUT2D eigenvalue weighted by Gasteiger charge is 2.14. The standard InChI is InChI=1S/C20H19N3O3/c1-13-8-14(2)10-16(9-13)21-19(24)12-26-20(25)18-11-17(22-23-18)15-6-4-3-5-7-15/h3-11H,12H2,1-2H3,(H,21,24)(H,22,23). The van der Waals surface area contributed by atoms with Crippen LogP contribution in [-0.4, -0.2) is 28.7 Å². The molecule has 2 aromatic carbocycles. The average Bonchev–Trinajstić information content (AvgIpc) is 3.10. The second-order valence-electron chi connectivity index (χ2n) is 6.03. The summed E-state index contributed by atoms with van der Waals surface area (Å²) in [5, 5.41) is 9.45. The Hall–Kier alpha value is -3.41. The number of H-pyrrole nitrogens is 1. The van der Waals surface area contributed by atoms with Gasteiger partial charge in [-0.3, -0.25) is 9.89 Å². The Balaban J connectivity index is 1.57. The van der Waals surface area contributed by atoms with Crippen LogP contribution in [0.4, 0.5) is 5.69 Å². The molecule has 3 rings (SSSR count). The van der Waals surface area contributed by atoms with Crippen LogP contribution < -0.4 is 5.32 Å². The molecule has 0 bridgehead atoms. The summed E-state index contributed by atoms with van der Waals surface area (Å²) in [7, 11) is 0. The van der Waals surface area contributed by atoms with Crippen LogP contribution in [0.1, 0.15) is 21.6 Å². The molecule has 0 fully saturated rings. The minimum absolute atomic E-state index is 0.197. The molecule has 0 aliphatic rings. The van der Waals surface area contributed by atoms with E-state index in [2.05, 4.69) is 15.5 Å². The quantitative estimate of drug-likeness (QED) is 0.691. The van der Waals surface area contributed by atoms with Crippen molar-refractivity contribution in [3.63, 3.8) is 0 Å². The highest BCUT2D eigenvalue weighted by molar-refractivity contribution is 5.95. The number of carbonyl (C=O) groups excluding carboxylic acids is 2. The third kappa shape index (κ3) is 4.36. The number of benzene rings is 2. The van der Waals surface area contributed by atoms with Crippen molar-refractivity contribution in [1.29, 1.82) is 0 Å². The molecule has 2 N–H and O–H groups in total. The van der Waals surface area contributed by atoms with E-state index in [1.165, 1.54) is 0 Å². The van der Waals surface area contributed by atoms with Crippen LogP contribution in [0.2, 0.25) is 0 Å². The van der Waals surface area contributed by atoms with Crippen LogP contribution in [0.25, 0.3) is 11.3 Å². The lowest BCUT2D eigenvalue weighted by atomic mass is 10.1. The van der Waals surface area contributed by atoms with Crippen molar-refractivity contribution in [3.05, 3.63) is 71.4 Å². The molecule has 6 heteroatoms. The number of ether oxygens (including phenoxy) is 1. The third-order valence-electron chi connectivity index (χ3n) is 3.71.